The van der Waals surface area contributed by atoms with Crippen molar-refractivity contribution in [1.29, 1.82) is 0 Å². The van der Waals surface area contributed by atoms with Gasteiger partial charge in [0.05, 0.1) is 16.6 Å². The largest absolute Gasteiger partial charge is 0.478 e. The minimum Gasteiger partial charge on any atom is -0.478 e. The minimum atomic E-state index is -0.942. The monoisotopic (exact) mass is 477 g/mol. The number of para-hydroxylation sites is 1. The lowest BCUT2D eigenvalue weighted by atomic mass is 9.48. The number of imidazole rings is 1. The van der Waals surface area contributed by atoms with Gasteiger partial charge in [0.1, 0.15) is 5.82 Å². The first-order valence-electron chi connectivity index (χ1n) is 13.1. The van der Waals surface area contributed by atoms with E-state index in [1.165, 1.54) is 44.1 Å². The van der Waals surface area contributed by atoms with Crippen LogP contribution in [0.4, 0.5) is 11.4 Å². The third kappa shape index (κ3) is 3.44. The van der Waals surface area contributed by atoms with E-state index < -0.39 is 5.97 Å². The Morgan fingerprint density at radius 2 is 1.58 bits per heavy atom. The second kappa shape index (κ2) is 7.95. The molecule has 1 heterocycles. The standard InChI is InChI=1S/C31H31N3O2/c1-34-28-26(30(35)36)6-3-7-27(28)33-29(34)22-4-2-5-25(15-22)32-24-10-8-23(9-11-24)31-16-19-12-20(17-31)14-21(13-19)18-31/h2-11,15,19-21,32H,12-14,16-18H2,1H3,(H,35,36). The van der Waals surface area contributed by atoms with Crippen molar-refractivity contribution >= 4 is 28.4 Å². The first-order chi connectivity index (χ1) is 17.5. The van der Waals surface area contributed by atoms with Crippen molar-refractivity contribution in [3.05, 3.63) is 77.9 Å². The molecule has 5 nitrogen and oxygen atoms in total. The van der Waals surface area contributed by atoms with E-state index >= 15 is 0 Å². The number of carboxylic acid groups (broad SMARTS) is 1. The van der Waals surface area contributed by atoms with E-state index in [1.54, 1.807) is 12.1 Å². The second-order valence-electron chi connectivity index (χ2n) is 11.5. The number of anilines is 2. The number of aromatic carboxylic acids is 1. The lowest BCUT2D eigenvalue weighted by Gasteiger charge is -2.57. The van der Waals surface area contributed by atoms with Crippen LogP contribution in [0, 0.1) is 17.8 Å². The number of hydrogen-bond acceptors (Lipinski definition) is 3. The number of rotatable bonds is 5. The normalized spacial score (nSPS) is 26.4. The number of nitrogens with one attached hydrogen (secondary N) is 1. The molecule has 36 heavy (non-hydrogen) atoms. The molecule has 0 spiro atoms. The van der Waals surface area contributed by atoms with Crippen molar-refractivity contribution in [3.63, 3.8) is 0 Å². The number of hydrogen-bond donors (Lipinski definition) is 2. The first kappa shape index (κ1) is 21.7. The maximum Gasteiger partial charge on any atom is 0.337 e. The number of nitrogens with zero attached hydrogens (tertiary/aromatic N) is 2. The van der Waals surface area contributed by atoms with Crippen LogP contribution in [0.25, 0.3) is 22.4 Å². The maximum atomic E-state index is 11.7. The predicted molar refractivity (Wildman–Crippen MR) is 143 cm³/mol. The van der Waals surface area contributed by atoms with Crippen LogP contribution < -0.4 is 5.32 Å². The van der Waals surface area contributed by atoms with Crippen LogP contribution in [0.1, 0.15) is 54.4 Å². The van der Waals surface area contributed by atoms with Crippen LogP contribution in [-0.4, -0.2) is 20.6 Å². The summed E-state index contributed by atoms with van der Waals surface area (Å²) in [6.45, 7) is 0. The molecule has 4 fully saturated rings. The summed E-state index contributed by atoms with van der Waals surface area (Å²) in [5.74, 6) is 2.66. The predicted octanol–water partition coefficient (Wildman–Crippen LogP) is 7.15. The number of benzene rings is 3. The highest BCUT2D eigenvalue weighted by Gasteiger charge is 2.51. The van der Waals surface area contributed by atoms with Crippen LogP contribution in [0.2, 0.25) is 0 Å². The zero-order valence-electron chi connectivity index (χ0n) is 20.6. The summed E-state index contributed by atoms with van der Waals surface area (Å²) in [6, 6.07) is 22.6. The van der Waals surface area contributed by atoms with E-state index in [1.807, 2.05) is 29.8 Å². The molecule has 8 rings (SSSR count). The third-order valence-electron chi connectivity index (χ3n) is 9.07. The van der Waals surface area contributed by atoms with Crippen molar-refractivity contribution in [2.75, 3.05) is 5.32 Å². The molecular formula is C31H31N3O2. The van der Waals surface area contributed by atoms with Crippen molar-refractivity contribution in [2.24, 2.45) is 24.8 Å². The topological polar surface area (TPSA) is 67.2 Å². The molecule has 4 bridgehead atoms. The molecule has 0 atom stereocenters. The molecule has 0 aliphatic heterocycles. The Morgan fingerprint density at radius 1 is 0.917 bits per heavy atom. The number of carbonyl (C=O) groups is 1. The highest BCUT2D eigenvalue weighted by atomic mass is 16.4. The van der Waals surface area contributed by atoms with Crippen molar-refractivity contribution in [2.45, 2.75) is 43.9 Å². The Labute approximate surface area is 211 Å². The SMILES string of the molecule is Cn1c(-c2cccc(Nc3ccc(C45CC6CC(CC(C6)C4)C5)cc3)c2)nc2cccc(C(=O)O)c21. The molecule has 4 saturated carbocycles. The molecule has 3 aromatic carbocycles. The van der Waals surface area contributed by atoms with E-state index in [0.29, 0.717) is 16.4 Å². The fraction of sp³-hybridized carbons (Fsp3) is 0.355. The smallest absolute Gasteiger partial charge is 0.337 e. The Kier molecular flexibility index (Phi) is 4.79. The Hall–Kier alpha value is -3.60. The molecule has 1 aromatic heterocycles. The van der Waals surface area contributed by atoms with Gasteiger partial charge in [0.25, 0.3) is 0 Å². The molecule has 0 unspecified atom stereocenters. The van der Waals surface area contributed by atoms with Crippen LogP contribution in [-0.2, 0) is 12.5 Å². The lowest BCUT2D eigenvalue weighted by molar-refractivity contribution is -0.00518. The number of carboxylic acids is 1. The average molecular weight is 478 g/mol. The van der Waals surface area contributed by atoms with Gasteiger partial charge in [-0.1, -0.05) is 30.3 Å². The fourth-order valence-electron chi connectivity index (χ4n) is 7.97. The van der Waals surface area contributed by atoms with Gasteiger partial charge in [-0.2, -0.15) is 0 Å². The molecule has 4 aromatic rings. The van der Waals surface area contributed by atoms with Gasteiger partial charge in [-0.05, 0) is 104 Å². The van der Waals surface area contributed by atoms with Crippen molar-refractivity contribution < 1.29 is 9.90 Å². The first-order valence-corrected chi connectivity index (χ1v) is 13.1. The summed E-state index contributed by atoms with van der Waals surface area (Å²) in [4.78, 5) is 16.5. The van der Waals surface area contributed by atoms with Gasteiger partial charge in [0.15, 0.2) is 0 Å². The van der Waals surface area contributed by atoms with E-state index in [4.69, 9.17) is 4.98 Å². The number of aromatic nitrogens is 2. The highest BCUT2D eigenvalue weighted by molar-refractivity contribution is 6.02. The van der Waals surface area contributed by atoms with Crippen LogP contribution in [0.3, 0.4) is 0 Å². The van der Waals surface area contributed by atoms with E-state index in [-0.39, 0.29) is 5.56 Å². The molecule has 4 aliphatic rings. The van der Waals surface area contributed by atoms with Gasteiger partial charge in [0.2, 0.25) is 0 Å². The van der Waals surface area contributed by atoms with E-state index in [0.717, 1.165) is 40.5 Å². The fourth-order valence-corrected chi connectivity index (χ4v) is 7.97. The van der Waals surface area contributed by atoms with Gasteiger partial charge in [-0.25, -0.2) is 9.78 Å². The molecule has 0 saturated heterocycles. The molecule has 5 heteroatoms. The average Bonchev–Trinajstić information content (AvgIpc) is 3.20. The van der Waals surface area contributed by atoms with Gasteiger partial charge in [-0.3, -0.25) is 0 Å². The third-order valence-corrected chi connectivity index (χ3v) is 9.07. The summed E-state index contributed by atoms with van der Waals surface area (Å²) < 4.78 is 1.87. The number of fused-ring (bicyclic) bond motifs is 1. The van der Waals surface area contributed by atoms with E-state index in [2.05, 4.69) is 41.7 Å². The van der Waals surface area contributed by atoms with Crippen molar-refractivity contribution in [1.82, 2.24) is 9.55 Å². The van der Waals surface area contributed by atoms with Gasteiger partial charge < -0.3 is 15.0 Å². The molecule has 4 aliphatic carbocycles. The van der Waals surface area contributed by atoms with Gasteiger partial charge >= 0.3 is 5.97 Å². The van der Waals surface area contributed by atoms with Gasteiger partial charge in [0, 0.05) is 24.0 Å². The maximum absolute atomic E-state index is 11.7. The van der Waals surface area contributed by atoms with Crippen LogP contribution in [0.15, 0.2) is 66.7 Å². The summed E-state index contributed by atoms with van der Waals surface area (Å²) >= 11 is 0. The second-order valence-corrected chi connectivity index (χ2v) is 11.5. The Morgan fingerprint density at radius 3 is 2.25 bits per heavy atom. The Bertz CT molecular complexity index is 1450. The Balaban J connectivity index is 1.15. The quantitative estimate of drug-likeness (QED) is 0.320. The summed E-state index contributed by atoms with van der Waals surface area (Å²) in [5, 5.41) is 13.2. The molecule has 0 amide bonds. The molecular weight excluding hydrogens is 446 g/mol. The minimum absolute atomic E-state index is 0.266. The number of aryl methyl sites for hydroxylation is 1. The van der Waals surface area contributed by atoms with Crippen LogP contribution >= 0.6 is 0 Å². The van der Waals surface area contributed by atoms with Gasteiger partial charge in [-0.15, -0.1) is 0 Å². The highest BCUT2D eigenvalue weighted by Crippen LogP contribution is 2.60. The van der Waals surface area contributed by atoms with Crippen LogP contribution in [0.5, 0.6) is 0 Å². The molecule has 182 valence electrons. The molecule has 0 radical (unpaired) electrons. The summed E-state index contributed by atoms with van der Waals surface area (Å²) in [5.41, 5.74) is 6.56. The zero-order chi connectivity index (χ0) is 24.4. The van der Waals surface area contributed by atoms with Crippen molar-refractivity contribution in [3.8, 4) is 11.4 Å². The van der Waals surface area contributed by atoms with E-state index in [9.17, 15) is 9.90 Å². The zero-order valence-corrected chi connectivity index (χ0v) is 20.6. The summed E-state index contributed by atoms with van der Waals surface area (Å²) in [7, 11) is 1.88. The summed E-state index contributed by atoms with van der Waals surface area (Å²) in [6.07, 6.45) is 8.57. The lowest BCUT2D eigenvalue weighted by Crippen LogP contribution is -2.48. The molecule has 2 N–H and O–H groups in total.